The summed E-state index contributed by atoms with van der Waals surface area (Å²) < 4.78 is 4.99. The van der Waals surface area contributed by atoms with Gasteiger partial charge in [0.1, 0.15) is 0 Å². The normalized spacial score (nSPS) is 11.4. The standard InChI is InChI=1S/C13H18N2O3/c1-9(2)8-18-13(16)14-12-6-4-11(5-7-12)10(3)15-17/h4-7,9,17H,8H2,1-3H3,(H,14,16)/b15-10+. The number of carbonyl (C=O) groups is 1. The zero-order valence-electron chi connectivity index (χ0n) is 10.8. The Hall–Kier alpha value is -2.04. The molecule has 5 heteroatoms. The first-order valence-electron chi connectivity index (χ1n) is 5.75. The lowest BCUT2D eigenvalue weighted by Crippen LogP contribution is -2.16. The molecule has 18 heavy (non-hydrogen) atoms. The second-order valence-corrected chi connectivity index (χ2v) is 4.38. The largest absolute Gasteiger partial charge is 0.449 e. The minimum atomic E-state index is -0.469. The van der Waals surface area contributed by atoms with E-state index < -0.39 is 6.09 Å². The molecule has 0 aliphatic heterocycles. The minimum Gasteiger partial charge on any atom is -0.449 e. The van der Waals surface area contributed by atoms with E-state index in [0.717, 1.165) is 5.56 Å². The number of oxime groups is 1. The van der Waals surface area contributed by atoms with Crippen LogP contribution in [0.15, 0.2) is 29.4 Å². The Labute approximate surface area is 106 Å². The second kappa shape index (κ2) is 6.64. The molecule has 2 N–H and O–H groups in total. The summed E-state index contributed by atoms with van der Waals surface area (Å²) in [7, 11) is 0. The van der Waals surface area contributed by atoms with Crippen molar-refractivity contribution in [3.05, 3.63) is 29.8 Å². The summed E-state index contributed by atoms with van der Waals surface area (Å²) in [4.78, 5) is 11.4. The van der Waals surface area contributed by atoms with E-state index in [-0.39, 0.29) is 0 Å². The number of hydrogen-bond donors (Lipinski definition) is 2. The van der Waals surface area contributed by atoms with Gasteiger partial charge in [-0.15, -0.1) is 0 Å². The van der Waals surface area contributed by atoms with Gasteiger partial charge in [-0.25, -0.2) is 4.79 Å². The van der Waals surface area contributed by atoms with Gasteiger partial charge < -0.3 is 9.94 Å². The second-order valence-electron chi connectivity index (χ2n) is 4.38. The van der Waals surface area contributed by atoms with Gasteiger partial charge in [0.2, 0.25) is 0 Å². The van der Waals surface area contributed by atoms with Crippen LogP contribution in [0.25, 0.3) is 0 Å². The van der Waals surface area contributed by atoms with Crippen LogP contribution in [0.3, 0.4) is 0 Å². The third kappa shape index (κ3) is 4.45. The first-order valence-corrected chi connectivity index (χ1v) is 5.75. The average molecular weight is 250 g/mol. The summed E-state index contributed by atoms with van der Waals surface area (Å²) in [5.41, 5.74) is 1.95. The van der Waals surface area contributed by atoms with E-state index >= 15 is 0 Å². The Morgan fingerprint density at radius 1 is 1.39 bits per heavy atom. The Bertz CT molecular complexity index is 424. The molecule has 0 fully saturated rings. The summed E-state index contributed by atoms with van der Waals surface area (Å²) >= 11 is 0. The maximum Gasteiger partial charge on any atom is 0.411 e. The van der Waals surface area contributed by atoms with Crippen molar-refractivity contribution < 1.29 is 14.7 Å². The molecule has 0 saturated heterocycles. The highest BCUT2D eigenvalue weighted by Gasteiger charge is 2.05. The van der Waals surface area contributed by atoms with E-state index in [0.29, 0.717) is 23.9 Å². The maximum absolute atomic E-state index is 11.4. The number of ether oxygens (including phenoxy) is 1. The Balaban J connectivity index is 2.56. The van der Waals surface area contributed by atoms with E-state index in [1.165, 1.54) is 0 Å². The van der Waals surface area contributed by atoms with Crippen molar-refractivity contribution in [3.63, 3.8) is 0 Å². The van der Waals surface area contributed by atoms with Crippen LogP contribution >= 0.6 is 0 Å². The van der Waals surface area contributed by atoms with E-state index in [1.54, 1.807) is 31.2 Å². The SMILES string of the molecule is C/C(=N\O)c1ccc(NC(=O)OCC(C)C)cc1. The van der Waals surface area contributed by atoms with Crippen LogP contribution in [-0.4, -0.2) is 23.6 Å². The predicted molar refractivity (Wildman–Crippen MR) is 70.2 cm³/mol. The van der Waals surface area contributed by atoms with Crippen molar-refractivity contribution in [2.75, 3.05) is 11.9 Å². The average Bonchev–Trinajstić information content (AvgIpc) is 2.36. The predicted octanol–water partition coefficient (Wildman–Crippen LogP) is 3.09. The molecule has 0 unspecified atom stereocenters. The van der Waals surface area contributed by atoms with Crippen molar-refractivity contribution >= 4 is 17.5 Å². The number of amides is 1. The number of benzene rings is 1. The van der Waals surface area contributed by atoms with Gasteiger partial charge in [-0.05, 0) is 30.5 Å². The molecule has 0 aliphatic carbocycles. The number of nitrogens with one attached hydrogen (secondary N) is 1. The molecular formula is C13H18N2O3. The molecule has 0 aromatic heterocycles. The van der Waals surface area contributed by atoms with Gasteiger partial charge in [0.25, 0.3) is 0 Å². The van der Waals surface area contributed by atoms with Crippen molar-refractivity contribution in [1.29, 1.82) is 0 Å². The molecule has 1 amide bonds. The van der Waals surface area contributed by atoms with Crippen LogP contribution in [0, 0.1) is 5.92 Å². The van der Waals surface area contributed by atoms with E-state index in [2.05, 4.69) is 10.5 Å². The summed E-state index contributed by atoms with van der Waals surface area (Å²) in [5.74, 6) is 0.307. The smallest absolute Gasteiger partial charge is 0.411 e. The monoisotopic (exact) mass is 250 g/mol. The van der Waals surface area contributed by atoms with E-state index in [4.69, 9.17) is 9.94 Å². The van der Waals surface area contributed by atoms with Crippen molar-refractivity contribution in [3.8, 4) is 0 Å². The zero-order valence-corrected chi connectivity index (χ0v) is 10.8. The minimum absolute atomic E-state index is 0.307. The third-order valence-electron chi connectivity index (χ3n) is 2.25. The molecule has 0 spiro atoms. The number of anilines is 1. The van der Waals surface area contributed by atoms with E-state index in [1.807, 2.05) is 13.8 Å². The molecule has 0 radical (unpaired) electrons. The Morgan fingerprint density at radius 2 is 2.00 bits per heavy atom. The fraction of sp³-hybridized carbons (Fsp3) is 0.385. The van der Waals surface area contributed by atoms with Gasteiger partial charge in [0, 0.05) is 5.69 Å². The molecular weight excluding hydrogens is 232 g/mol. The quantitative estimate of drug-likeness (QED) is 0.490. The van der Waals surface area contributed by atoms with Gasteiger partial charge in [0.05, 0.1) is 12.3 Å². The highest BCUT2D eigenvalue weighted by molar-refractivity contribution is 5.98. The zero-order chi connectivity index (χ0) is 13.5. The molecule has 0 bridgehead atoms. The van der Waals surface area contributed by atoms with E-state index in [9.17, 15) is 4.79 Å². The third-order valence-corrected chi connectivity index (χ3v) is 2.25. The number of carbonyl (C=O) groups excluding carboxylic acids is 1. The van der Waals surface area contributed by atoms with Gasteiger partial charge in [0.15, 0.2) is 0 Å². The topological polar surface area (TPSA) is 70.9 Å². The maximum atomic E-state index is 11.4. The summed E-state index contributed by atoms with van der Waals surface area (Å²) in [5, 5.41) is 14.3. The van der Waals surface area contributed by atoms with Crippen molar-refractivity contribution in [2.24, 2.45) is 11.1 Å². The molecule has 5 nitrogen and oxygen atoms in total. The van der Waals surface area contributed by atoms with Gasteiger partial charge >= 0.3 is 6.09 Å². The first-order chi connectivity index (χ1) is 8.52. The van der Waals surface area contributed by atoms with Gasteiger partial charge in [-0.2, -0.15) is 0 Å². The molecule has 1 rings (SSSR count). The first kappa shape index (κ1) is 14.0. The molecule has 0 saturated carbocycles. The Kier molecular flexibility index (Phi) is 5.17. The van der Waals surface area contributed by atoms with Gasteiger partial charge in [-0.3, -0.25) is 5.32 Å². The summed E-state index contributed by atoms with van der Waals surface area (Å²) in [6.07, 6.45) is -0.469. The lowest BCUT2D eigenvalue weighted by atomic mass is 10.1. The number of rotatable bonds is 4. The summed E-state index contributed by atoms with van der Waals surface area (Å²) in [6, 6.07) is 6.96. The molecule has 0 heterocycles. The van der Waals surface area contributed by atoms with Crippen LogP contribution in [0.5, 0.6) is 0 Å². The summed E-state index contributed by atoms with van der Waals surface area (Å²) in [6.45, 7) is 6.03. The van der Waals surface area contributed by atoms with Crippen molar-refractivity contribution in [1.82, 2.24) is 0 Å². The molecule has 0 aliphatic rings. The molecule has 98 valence electrons. The highest BCUT2D eigenvalue weighted by Crippen LogP contribution is 2.11. The van der Waals surface area contributed by atoms with Crippen LogP contribution in [-0.2, 0) is 4.74 Å². The number of hydrogen-bond acceptors (Lipinski definition) is 4. The number of nitrogens with zero attached hydrogens (tertiary/aromatic N) is 1. The van der Waals surface area contributed by atoms with Gasteiger partial charge in [-0.1, -0.05) is 31.1 Å². The van der Waals surface area contributed by atoms with Crippen LogP contribution in [0.1, 0.15) is 26.3 Å². The lowest BCUT2D eigenvalue weighted by Gasteiger charge is -2.09. The highest BCUT2D eigenvalue weighted by atomic mass is 16.5. The lowest BCUT2D eigenvalue weighted by molar-refractivity contribution is 0.147. The fourth-order valence-electron chi connectivity index (χ4n) is 1.25. The van der Waals surface area contributed by atoms with Crippen molar-refractivity contribution in [2.45, 2.75) is 20.8 Å². The molecule has 1 aromatic rings. The van der Waals surface area contributed by atoms with Crippen LogP contribution in [0.2, 0.25) is 0 Å². The van der Waals surface area contributed by atoms with Crippen LogP contribution in [0.4, 0.5) is 10.5 Å². The fourth-order valence-corrected chi connectivity index (χ4v) is 1.25. The van der Waals surface area contributed by atoms with Crippen LogP contribution < -0.4 is 5.32 Å². The molecule has 0 atom stereocenters. The Morgan fingerprint density at radius 3 is 2.50 bits per heavy atom. The molecule has 1 aromatic carbocycles.